The third kappa shape index (κ3) is 2.62. The van der Waals surface area contributed by atoms with Crippen LogP contribution in [0.25, 0.3) is 0 Å². The highest BCUT2D eigenvalue weighted by atomic mass is 16.5. The molecule has 0 spiro atoms. The fraction of sp³-hybridized carbons (Fsp3) is 0.750. The fourth-order valence-electron chi connectivity index (χ4n) is 1.81. The van der Waals surface area contributed by atoms with Gasteiger partial charge in [0, 0.05) is 17.6 Å². The maximum absolute atomic E-state index is 9.44. The van der Waals surface area contributed by atoms with E-state index in [-0.39, 0.29) is 12.1 Å². The average molecular weight is 226 g/mol. The highest BCUT2D eigenvalue weighted by Crippen LogP contribution is 2.18. The molecule has 0 fully saturated rings. The predicted octanol–water partition coefficient (Wildman–Crippen LogP) is 1.93. The molecule has 0 unspecified atom stereocenters. The lowest BCUT2D eigenvalue weighted by Gasteiger charge is -2.30. The van der Waals surface area contributed by atoms with Crippen LogP contribution in [0.4, 0.5) is 0 Å². The number of aromatic nitrogens is 1. The summed E-state index contributed by atoms with van der Waals surface area (Å²) in [4.78, 5) is 0. The standard InChI is InChI=1S/C12H22N2O2/c1-5-12(6-2,8-15)13-7-11-9(3)14-16-10(11)4/h13,15H,5-8H2,1-4H3. The molecule has 4 heteroatoms. The number of hydrogen-bond donors (Lipinski definition) is 2. The van der Waals surface area contributed by atoms with Gasteiger partial charge in [0.2, 0.25) is 0 Å². The molecule has 2 N–H and O–H groups in total. The summed E-state index contributed by atoms with van der Waals surface area (Å²) in [6.45, 7) is 8.87. The van der Waals surface area contributed by atoms with E-state index in [2.05, 4.69) is 24.3 Å². The number of aliphatic hydroxyl groups is 1. The number of aliphatic hydroxyl groups excluding tert-OH is 1. The lowest BCUT2D eigenvalue weighted by molar-refractivity contribution is 0.149. The average Bonchev–Trinajstić information content (AvgIpc) is 2.62. The van der Waals surface area contributed by atoms with Gasteiger partial charge in [-0.1, -0.05) is 19.0 Å². The van der Waals surface area contributed by atoms with Crippen LogP contribution in [0.5, 0.6) is 0 Å². The molecule has 0 bridgehead atoms. The molecule has 1 heterocycles. The lowest BCUT2D eigenvalue weighted by Crippen LogP contribution is -2.47. The summed E-state index contributed by atoms with van der Waals surface area (Å²) in [5.41, 5.74) is 1.83. The second kappa shape index (κ2) is 5.46. The van der Waals surface area contributed by atoms with Gasteiger partial charge >= 0.3 is 0 Å². The zero-order valence-corrected chi connectivity index (χ0v) is 10.6. The fourth-order valence-corrected chi connectivity index (χ4v) is 1.81. The van der Waals surface area contributed by atoms with Crippen molar-refractivity contribution in [3.63, 3.8) is 0 Å². The van der Waals surface area contributed by atoms with Crippen molar-refractivity contribution in [1.82, 2.24) is 10.5 Å². The summed E-state index contributed by atoms with van der Waals surface area (Å²) in [5, 5.41) is 16.8. The van der Waals surface area contributed by atoms with Gasteiger partial charge in [0.1, 0.15) is 5.76 Å². The SMILES string of the molecule is CCC(CC)(CO)NCc1c(C)noc1C. The Morgan fingerprint density at radius 2 is 1.94 bits per heavy atom. The molecule has 0 aromatic carbocycles. The molecular weight excluding hydrogens is 204 g/mol. The minimum Gasteiger partial charge on any atom is -0.394 e. The maximum Gasteiger partial charge on any atom is 0.138 e. The quantitative estimate of drug-likeness (QED) is 0.778. The third-order valence-corrected chi connectivity index (χ3v) is 3.48. The van der Waals surface area contributed by atoms with Crippen LogP contribution >= 0.6 is 0 Å². The highest BCUT2D eigenvalue weighted by Gasteiger charge is 2.25. The van der Waals surface area contributed by atoms with Crippen molar-refractivity contribution in [3.8, 4) is 0 Å². The zero-order valence-electron chi connectivity index (χ0n) is 10.6. The van der Waals surface area contributed by atoms with E-state index in [9.17, 15) is 5.11 Å². The largest absolute Gasteiger partial charge is 0.394 e. The smallest absolute Gasteiger partial charge is 0.138 e. The van der Waals surface area contributed by atoms with Gasteiger partial charge in [0.05, 0.1) is 12.3 Å². The molecule has 1 rings (SSSR count). The van der Waals surface area contributed by atoms with Crippen molar-refractivity contribution in [2.24, 2.45) is 0 Å². The Bertz CT molecular complexity index is 302. The summed E-state index contributed by atoms with van der Waals surface area (Å²) in [6.07, 6.45) is 1.81. The number of nitrogens with one attached hydrogen (secondary N) is 1. The van der Waals surface area contributed by atoms with Gasteiger partial charge in [-0.15, -0.1) is 0 Å². The van der Waals surface area contributed by atoms with Gasteiger partial charge in [0.15, 0.2) is 0 Å². The topological polar surface area (TPSA) is 58.3 Å². The van der Waals surface area contributed by atoms with Gasteiger partial charge < -0.3 is 14.9 Å². The van der Waals surface area contributed by atoms with Crippen LogP contribution in [0.2, 0.25) is 0 Å². The first-order valence-electron chi connectivity index (χ1n) is 5.86. The molecule has 0 aliphatic carbocycles. The summed E-state index contributed by atoms with van der Waals surface area (Å²) >= 11 is 0. The van der Waals surface area contributed by atoms with Crippen molar-refractivity contribution in [2.45, 2.75) is 52.6 Å². The molecule has 16 heavy (non-hydrogen) atoms. The molecule has 0 saturated carbocycles. The molecular formula is C12H22N2O2. The summed E-state index contributed by atoms with van der Waals surface area (Å²) in [5.74, 6) is 0.851. The van der Waals surface area contributed by atoms with Crippen LogP contribution in [-0.2, 0) is 6.54 Å². The Morgan fingerprint density at radius 1 is 1.31 bits per heavy atom. The van der Waals surface area contributed by atoms with E-state index in [0.29, 0.717) is 6.54 Å². The van der Waals surface area contributed by atoms with E-state index >= 15 is 0 Å². The van der Waals surface area contributed by atoms with E-state index in [1.165, 1.54) is 0 Å². The molecule has 0 aliphatic rings. The van der Waals surface area contributed by atoms with Gasteiger partial charge in [-0.25, -0.2) is 0 Å². The van der Waals surface area contributed by atoms with Crippen LogP contribution in [-0.4, -0.2) is 22.4 Å². The Kier molecular flexibility index (Phi) is 4.50. The summed E-state index contributed by atoms with van der Waals surface area (Å²) < 4.78 is 5.11. The molecule has 0 radical (unpaired) electrons. The number of aryl methyl sites for hydroxylation is 2. The van der Waals surface area contributed by atoms with Crippen molar-refractivity contribution < 1.29 is 9.63 Å². The highest BCUT2D eigenvalue weighted by molar-refractivity contribution is 5.20. The van der Waals surface area contributed by atoms with Crippen LogP contribution in [0, 0.1) is 13.8 Å². The second-order valence-corrected chi connectivity index (χ2v) is 4.30. The first-order valence-corrected chi connectivity index (χ1v) is 5.86. The third-order valence-electron chi connectivity index (χ3n) is 3.48. The predicted molar refractivity (Wildman–Crippen MR) is 63.2 cm³/mol. The summed E-state index contributed by atoms with van der Waals surface area (Å²) in [6, 6.07) is 0. The monoisotopic (exact) mass is 226 g/mol. The number of rotatable bonds is 6. The molecule has 92 valence electrons. The van der Waals surface area contributed by atoms with Crippen molar-refractivity contribution in [1.29, 1.82) is 0 Å². The lowest BCUT2D eigenvalue weighted by atomic mass is 9.93. The van der Waals surface area contributed by atoms with Crippen LogP contribution in [0.15, 0.2) is 4.52 Å². The van der Waals surface area contributed by atoms with E-state index in [0.717, 1.165) is 29.9 Å². The minimum atomic E-state index is -0.184. The summed E-state index contributed by atoms with van der Waals surface area (Å²) in [7, 11) is 0. The molecule has 0 atom stereocenters. The zero-order chi connectivity index (χ0) is 12.2. The van der Waals surface area contributed by atoms with E-state index in [1.807, 2.05) is 13.8 Å². The van der Waals surface area contributed by atoms with Gasteiger partial charge in [0.25, 0.3) is 0 Å². The van der Waals surface area contributed by atoms with Crippen LogP contribution in [0.3, 0.4) is 0 Å². The van der Waals surface area contributed by atoms with E-state index in [1.54, 1.807) is 0 Å². The maximum atomic E-state index is 9.44. The van der Waals surface area contributed by atoms with Crippen LogP contribution in [0.1, 0.15) is 43.7 Å². The number of nitrogens with zero attached hydrogens (tertiary/aromatic N) is 1. The Morgan fingerprint density at radius 3 is 2.31 bits per heavy atom. The molecule has 1 aromatic rings. The van der Waals surface area contributed by atoms with Gasteiger partial charge in [-0.2, -0.15) is 0 Å². The Labute approximate surface area is 97.0 Å². The number of hydrogen-bond acceptors (Lipinski definition) is 4. The van der Waals surface area contributed by atoms with Gasteiger partial charge in [-0.05, 0) is 26.7 Å². The Hall–Kier alpha value is -0.870. The Balaban J connectivity index is 2.69. The second-order valence-electron chi connectivity index (χ2n) is 4.30. The van der Waals surface area contributed by atoms with Crippen LogP contribution < -0.4 is 5.32 Å². The molecule has 0 saturated heterocycles. The molecule has 0 aliphatic heterocycles. The van der Waals surface area contributed by atoms with Crippen molar-refractivity contribution in [2.75, 3.05) is 6.61 Å². The van der Waals surface area contributed by atoms with E-state index in [4.69, 9.17) is 4.52 Å². The minimum absolute atomic E-state index is 0.156. The normalized spacial score (nSPS) is 12.1. The van der Waals surface area contributed by atoms with Crippen molar-refractivity contribution >= 4 is 0 Å². The first kappa shape index (κ1) is 13.2. The molecule has 0 amide bonds. The molecule has 4 nitrogen and oxygen atoms in total. The van der Waals surface area contributed by atoms with Crippen molar-refractivity contribution in [3.05, 3.63) is 17.0 Å². The molecule has 1 aromatic heterocycles. The van der Waals surface area contributed by atoms with E-state index < -0.39 is 0 Å². The van der Waals surface area contributed by atoms with Gasteiger partial charge in [-0.3, -0.25) is 0 Å². The first-order chi connectivity index (χ1) is 7.58.